The number of rotatable bonds is 4. The summed E-state index contributed by atoms with van der Waals surface area (Å²) in [7, 11) is 0. The van der Waals surface area contributed by atoms with E-state index in [0.29, 0.717) is 6.61 Å². The summed E-state index contributed by atoms with van der Waals surface area (Å²) in [5.74, 6) is 0.861. The maximum absolute atomic E-state index is 5.72. The number of benzene rings is 2. The predicted octanol–water partition coefficient (Wildman–Crippen LogP) is 4.06. The molecule has 100 valence electrons. The first kappa shape index (κ1) is 13.2. The Labute approximate surface area is 131 Å². The summed E-state index contributed by atoms with van der Waals surface area (Å²) in [6, 6.07) is 20.0. The summed E-state index contributed by atoms with van der Waals surface area (Å²) < 4.78 is 8.77. The molecule has 0 spiro atoms. The van der Waals surface area contributed by atoms with E-state index in [1.165, 1.54) is 3.57 Å². The standard InChI is InChI=1S/C16H13IN2O/c17-13-6-8-16(9-7-13)20-12-14-10-11-19(18-14)15-4-2-1-3-5-15/h1-11H,12H2. The number of hydrogen-bond donors (Lipinski definition) is 0. The molecule has 0 bridgehead atoms. The van der Waals surface area contributed by atoms with Crippen LogP contribution in [-0.2, 0) is 6.61 Å². The van der Waals surface area contributed by atoms with Crippen LogP contribution in [0.1, 0.15) is 5.69 Å². The lowest BCUT2D eigenvalue weighted by molar-refractivity contribution is 0.300. The Hall–Kier alpha value is -1.82. The second kappa shape index (κ2) is 6.09. The zero-order valence-electron chi connectivity index (χ0n) is 10.7. The van der Waals surface area contributed by atoms with Crippen molar-refractivity contribution in [1.29, 1.82) is 0 Å². The van der Waals surface area contributed by atoms with Gasteiger partial charge in [0, 0.05) is 9.77 Å². The Morgan fingerprint density at radius 1 is 0.950 bits per heavy atom. The molecule has 0 N–H and O–H groups in total. The van der Waals surface area contributed by atoms with Gasteiger partial charge in [0.15, 0.2) is 0 Å². The van der Waals surface area contributed by atoms with Gasteiger partial charge in [0.25, 0.3) is 0 Å². The minimum atomic E-state index is 0.473. The normalized spacial score (nSPS) is 10.4. The number of aromatic nitrogens is 2. The number of para-hydroxylation sites is 1. The van der Waals surface area contributed by atoms with Crippen LogP contribution in [0.5, 0.6) is 5.75 Å². The summed E-state index contributed by atoms with van der Waals surface area (Å²) in [6.07, 6.45) is 1.95. The first-order valence-electron chi connectivity index (χ1n) is 6.29. The molecule has 20 heavy (non-hydrogen) atoms. The van der Waals surface area contributed by atoms with Crippen LogP contribution >= 0.6 is 22.6 Å². The Kier molecular flexibility index (Phi) is 4.01. The molecule has 0 fully saturated rings. The average molecular weight is 376 g/mol. The van der Waals surface area contributed by atoms with Crippen molar-refractivity contribution in [3.8, 4) is 11.4 Å². The summed E-state index contributed by atoms with van der Waals surface area (Å²) in [5, 5.41) is 4.50. The van der Waals surface area contributed by atoms with E-state index in [1.807, 2.05) is 71.5 Å². The molecule has 0 aliphatic heterocycles. The SMILES string of the molecule is Ic1ccc(OCc2ccn(-c3ccccc3)n2)cc1. The van der Waals surface area contributed by atoms with Crippen molar-refractivity contribution < 1.29 is 4.74 Å². The molecule has 3 rings (SSSR count). The lowest BCUT2D eigenvalue weighted by atomic mass is 10.3. The van der Waals surface area contributed by atoms with E-state index in [-0.39, 0.29) is 0 Å². The van der Waals surface area contributed by atoms with Crippen molar-refractivity contribution in [2.45, 2.75) is 6.61 Å². The Balaban J connectivity index is 1.67. The third-order valence-electron chi connectivity index (χ3n) is 2.87. The van der Waals surface area contributed by atoms with Crippen LogP contribution in [0.15, 0.2) is 66.9 Å². The molecule has 0 saturated heterocycles. The molecule has 0 unspecified atom stereocenters. The quantitative estimate of drug-likeness (QED) is 0.643. The highest BCUT2D eigenvalue weighted by Crippen LogP contribution is 2.15. The average Bonchev–Trinajstić information content (AvgIpc) is 2.97. The van der Waals surface area contributed by atoms with Crippen LogP contribution in [0.25, 0.3) is 5.69 Å². The highest BCUT2D eigenvalue weighted by Gasteiger charge is 2.02. The fourth-order valence-electron chi connectivity index (χ4n) is 1.85. The molecular weight excluding hydrogens is 363 g/mol. The van der Waals surface area contributed by atoms with Gasteiger partial charge in [0.05, 0.1) is 5.69 Å². The van der Waals surface area contributed by atoms with Crippen LogP contribution < -0.4 is 4.74 Å². The summed E-state index contributed by atoms with van der Waals surface area (Å²) >= 11 is 2.27. The van der Waals surface area contributed by atoms with Crippen LogP contribution in [0, 0.1) is 3.57 Å². The van der Waals surface area contributed by atoms with Crippen molar-refractivity contribution in [2.24, 2.45) is 0 Å². The summed E-state index contributed by atoms with van der Waals surface area (Å²) in [6.45, 7) is 0.473. The Morgan fingerprint density at radius 3 is 2.45 bits per heavy atom. The molecule has 2 aromatic carbocycles. The first-order valence-corrected chi connectivity index (χ1v) is 7.37. The van der Waals surface area contributed by atoms with Gasteiger partial charge in [-0.05, 0) is 65.1 Å². The van der Waals surface area contributed by atoms with E-state index in [9.17, 15) is 0 Å². The molecular formula is C16H13IN2O. The number of halogens is 1. The fourth-order valence-corrected chi connectivity index (χ4v) is 2.21. The Morgan fingerprint density at radius 2 is 1.70 bits per heavy atom. The van der Waals surface area contributed by atoms with E-state index >= 15 is 0 Å². The van der Waals surface area contributed by atoms with Crippen molar-refractivity contribution in [3.63, 3.8) is 0 Å². The van der Waals surface area contributed by atoms with Gasteiger partial charge < -0.3 is 4.74 Å². The summed E-state index contributed by atoms with van der Waals surface area (Å²) in [5.41, 5.74) is 1.96. The Bertz CT molecular complexity index is 677. The molecule has 0 atom stereocenters. The molecule has 0 amide bonds. The maximum Gasteiger partial charge on any atom is 0.132 e. The van der Waals surface area contributed by atoms with Gasteiger partial charge in [-0.3, -0.25) is 0 Å². The minimum absolute atomic E-state index is 0.473. The maximum atomic E-state index is 5.72. The molecule has 3 aromatic rings. The van der Waals surface area contributed by atoms with Gasteiger partial charge in [-0.2, -0.15) is 5.10 Å². The zero-order valence-corrected chi connectivity index (χ0v) is 12.9. The van der Waals surface area contributed by atoms with E-state index in [2.05, 4.69) is 27.7 Å². The molecule has 3 nitrogen and oxygen atoms in total. The smallest absolute Gasteiger partial charge is 0.132 e. The van der Waals surface area contributed by atoms with Crippen molar-refractivity contribution in [3.05, 3.63) is 76.1 Å². The van der Waals surface area contributed by atoms with E-state index in [1.54, 1.807) is 0 Å². The van der Waals surface area contributed by atoms with Crippen LogP contribution in [-0.4, -0.2) is 9.78 Å². The second-order valence-corrected chi connectivity index (χ2v) is 5.58. The van der Waals surface area contributed by atoms with E-state index in [4.69, 9.17) is 4.74 Å². The lowest BCUT2D eigenvalue weighted by Crippen LogP contribution is -1.99. The third-order valence-corrected chi connectivity index (χ3v) is 3.58. The minimum Gasteiger partial charge on any atom is -0.487 e. The van der Waals surface area contributed by atoms with Gasteiger partial charge in [0.1, 0.15) is 18.1 Å². The lowest BCUT2D eigenvalue weighted by Gasteiger charge is -2.04. The van der Waals surface area contributed by atoms with Gasteiger partial charge in [-0.25, -0.2) is 4.68 Å². The van der Waals surface area contributed by atoms with Crippen molar-refractivity contribution in [1.82, 2.24) is 9.78 Å². The van der Waals surface area contributed by atoms with Gasteiger partial charge in [-0.15, -0.1) is 0 Å². The molecule has 0 aliphatic carbocycles. The van der Waals surface area contributed by atoms with E-state index in [0.717, 1.165) is 17.1 Å². The molecule has 0 aliphatic rings. The third kappa shape index (κ3) is 3.19. The number of ether oxygens (including phenoxy) is 1. The highest BCUT2D eigenvalue weighted by molar-refractivity contribution is 14.1. The monoisotopic (exact) mass is 376 g/mol. The zero-order chi connectivity index (χ0) is 13.8. The van der Waals surface area contributed by atoms with Gasteiger partial charge >= 0.3 is 0 Å². The fraction of sp³-hybridized carbons (Fsp3) is 0.0625. The number of hydrogen-bond acceptors (Lipinski definition) is 2. The first-order chi connectivity index (χ1) is 9.81. The van der Waals surface area contributed by atoms with Crippen LogP contribution in [0.2, 0.25) is 0 Å². The largest absolute Gasteiger partial charge is 0.487 e. The van der Waals surface area contributed by atoms with Crippen molar-refractivity contribution in [2.75, 3.05) is 0 Å². The predicted molar refractivity (Wildman–Crippen MR) is 87.1 cm³/mol. The van der Waals surface area contributed by atoms with Crippen molar-refractivity contribution >= 4 is 22.6 Å². The highest BCUT2D eigenvalue weighted by atomic mass is 127. The van der Waals surface area contributed by atoms with Gasteiger partial charge in [0.2, 0.25) is 0 Å². The molecule has 4 heteroatoms. The topological polar surface area (TPSA) is 27.1 Å². The molecule has 1 aromatic heterocycles. The second-order valence-electron chi connectivity index (χ2n) is 4.33. The molecule has 0 radical (unpaired) electrons. The summed E-state index contributed by atoms with van der Waals surface area (Å²) in [4.78, 5) is 0. The molecule has 1 heterocycles. The van der Waals surface area contributed by atoms with Gasteiger partial charge in [-0.1, -0.05) is 18.2 Å². The molecule has 0 saturated carbocycles. The number of nitrogens with zero attached hydrogens (tertiary/aromatic N) is 2. The van der Waals surface area contributed by atoms with Crippen LogP contribution in [0.3, 0.4) is 0 Å². The van der Waals surface area contributed by atoms with Crippen LogP contribution in [0.4, 0.5) is 0 Å². The van der Waals surface area contributed by atoms with E-state index < -0.39 is 0 Å².